The fourth-order valence-electron chi connectivity index (χ4n) is 2.14. The Morgan fingerprint density at radius 1 is 1.09 bits per heavy atom. The van der Waals surface area contributed by atoms with Crippen LogP contribution in [0, 0.1) is 13.8 Å². The van der Waals surface area contributed by atoms with Gasteiger partial charge in [-0.1, -0.05) is 6.07 Å². The maximum Gasteiger partial charge on any atom is 0.275 e. The summed E-state index contributed by atoms with van der Waals surface area (Å²) >= 11 is 1.33. The highest BCUT2D eigenvalue weighted by molar-refractivity contribution is 7.14. The number of hydrogen-bond donors (Lipinski definition) is 2. The maximum atomic E-state index is 12.3. The molecule has 7 heteroatoms. The summed E-state index contributed by atoms with van der Waals surface area (Å²) in [6.45, 7) is 3.99. The van der Waals surface area contributed by atoms with E-state index in [-0.39, 0.29) is 5.91 Å². The highest BCUT2D eigenvalue weighted by atomic mass is 32.1. The van der Waals surface area contributed by atoms with Crippen molar-refractivity contribution in [1.82, 2.24) is 15.0 Å². The SMILES string of the molecule is Cc1cc(C)cc(NC(=O)c2csc(Nc3ncccn3)n2)c1. The van der Waals surface area contributed by atoms with Crippen LogP contribution in [0.5, 0.6) is 0 Å². The lowest BCUT2D eigenvalue weighted by atomic mass is 10.1. The van der Waals surface area contributed by atoms with Crippen molar-refractivity contribution in [1.29, 1.82) is 0 Å². The average molecular weight is 325 g/mol. The van der Waals surface area contributed by atoms with Crippen LogP contribution in [0.4, 0.5) is 16.8 Å². The minimum absolute atomic E-state index is 0.242. The molecule has 23 heavy (non-hydrogen) atoms. The van der Waals surface area contributed by atoms with Crippen molar-refractivity contribution in [3.63, 3.8) is 0 Å². The third kappa shape index (κ3) is 3.89. The van der Waals surface area contributed by atoms with Crippen LogP contribution in [0.1, 0.15) is 21.6 Å². The van der Waals surface area contributed by atoms with E-state index in [0.29, 0.717) is 16.8 Å². The van der Waals surface area contributed by atoms with Crippen LogP contribution in [0.2, 0.25) is 0 Å². The van der Waals surface area contributed by atoms with Crippen molar-refractivity contribution >= 4 is 34.0 Å². The Labute approximate surface area is 137 Å². The van der Waals surface area contributed by atoms with Gasteiger partial charge in [-0.05, 0) is 43.2 Å². The van der Waals surface area contributed by atoms with Crippen molar-refractivity contribution in [2.45, 2.75) is 13.8 Å². The van der Waals surface area contributed by atoms with Gasteiger partial charge in [0.1, 0.15) is 5.69 Å². The van der Waals surface area contributed by atoms with E-state index in [1.54, 1.807) is 23.8 Å². The van der Waals surface area contributed by atoms with Crippen LogP contribution < -0.4 is 10.6 Å². The Bertz CT molecular complexity index is 811. The van der Waals surface area contributed by atoms with Gasteiger partial charge in [0.2, 0.25) is 5.95 Å². The predicted molar refractivity (Wildman–Crippen MR) is 91.3 cm³/mol. The summed E-state index contributed by atoms with van der Waals surface area (Å²) in [7, 11) is 0. The van der Waals surface area contributed by atoms with Crippen molar-refractivity contribution < 1.29 is 4.79 Å². The van der Waals surface area contributed by atoms with E-state index in [4.69, 9.17) is 0 Å². The average Bonchev–Trinajstić information content (AvgIpc) is 2.96. The number of carbonyl (C=O) groups excluding carboxylic acids is 1. The first-order chi connectivity index (χ1) is 11.1. The zero-order valence-electron chi connectivity index (χ0n) is 12.7. The summed E-state index contributed by atoms with van der Waals surface area (Å²) in [6, 6.07) is 7.64. The topological polar surface area (TPSA) is 79.8 Å². The second-order valence-electron chi connectivity index (χ2n) is 5.07. The molecule has 0 saturated heterocycles. The lowest BCUT2D eigenvalue weighted by Gasteiger charge is -2.06. The Kier molecular flexibility index (Phi) is 4.29. The number of benzene rings is 1. The third-order valence-electron chi connectivity index (χ3n) is 3.00. The molecule has 0 fully saturated rings. The van der Waals surface area contributed by atoms with Crippen LogP contribution in [0.3, 0.4) is 0 Å². The number of rotatable bonds is 4. The van der Waals surface area contributed by atoms with Gasteiger partial charge in [0.05, 0.1) is 0 Å². The summed E-state index contributed by atoms with van der Waals surface area (Å²) in [6.07, 6.45) is 3.27. The number of aromatic nitrogens is 3. The van der Waals surface area contributed by atoms with E-state index in [1.807, 2.05) is 26.0 Å². The van der Waals surface area contributed by atoms with E-state index in [0.717, 1.165) is 16.8 Å². The second-order valence-corrected chi connectivity index (χ2v) is 5.92. The molecule has 0 unspecified atom stereocenters. The van der Waals surface area contributed by atoms with E-state index < -0.39 is 0 Å². The molecule has 3 aromatic rings. The van der Waals surface area contributed by atoms with E-state index in [9.17, 15) is 4.79 Å². The molecule has 0 aliphatic heterocycles. The zero-order valence-corrected chi connectivity index (χ0v) is 13.5. The number of anilines is 3. The van der Waals surface area contributed by atoms with Gasteiger partial charge in [-0.25, -0.2) is 15.0 Å². The van der Waals surface area contributed by atoms with Crippen molar-refractivity contribution in [3.05, 3.63) is 58.9 Å². The van der Waals surface area contributed by atoms with Gasteiger partial charge < -0.3 is 10.6 Å². The molecular weight excluding hydrogens is 310 g/mol. The van der Waals surface area contributed by atoms with Crippen LogP contribution >= 0.6 is 11.3 Å². The predicted octanol–water partition coefficient (Wildman–Crippen LogP) is 3.55. The second kappa shape index (κ2) is 6.53. The molecule has 0 aliphatic rings. The molecule has 3 rings (SSSR count). The highest BCUT2D eigenvalue weighted by Gasteiger charge is 2.12. The van der Waals surface area contributed by atoms with Gasteiger partial charge in [0.15, 0.2) is 5.13 Å². The molecule has 0 bridgehead atoms. The minimum Gasteiger partial charge on any atom is -0.321 e. The summed E-state index contributed by atoms with van der Waals surface area (Å²) in [4.78, 5) is 24.7. The first-order valence-electron chi connectivity index (χ1n) is 6.99. The van der Waals surface area contributed by atoms with Crippen molar-refractivity contribution in [2.24, 2.45) is 0 Å². The monoisotopic (exact) mass is 325 g/mol. The number of aryl methyl sites for hydroxylation is 2. The number of nitrogens with one attached hydrogen (secondary N) is 2. The van der Waals surface area contributed by atoms with Gasteiger partial charge in [0, 0.05) is 23.5 Å². The van der Waals surface area contributed by atoms with Crippen LogP contribution in [-0.2, 0) is 0 Å². The van der Waals surface area contributed by atoms with Gasteiger partial charge in [-0.3, -0.25) is 4.79 Å². The van der Waals surface area contributed by atoms with Gasteiger partial charge in [0.25, 0.3) is 5.91 Å². The molecule has 0 spiro atoms. The quantitative estimate of drug-likeness (QED) is 0.767. The maximum absolute atomic E-state index is 12.3. The van der Waals surface area contributed by atoms with Gasteiger partial charge >= 0.3 is 0 Å². The first kappa shape index (κ1) is 15.1. The molecular formula is C16H15N5OS. The molecule has 0 saturated carbocycles. The molecule has 1 amide bonds. The Morgan fingerprint density at radius 3 is 2.48 bits per heavy atom. The summed E-state index contributed by atoms with van der Waals surface area (Å²) in [5.41, 5.74) is 3.32. The Morgan fingerprint density at radius 2 is 1.78 bits per heavy atom. The number of hydrogen-bond acceptors (Lipinski definition) is 6. The molecule has 0 atom stereocenters. The number of carbonyl (C=O) groups is 1. The minimum atomic E-state index is -0.242. The molecule has 2 heterocycles. The molecule has 116 valence electrons. The number of nitrogens with zero attached hydrogens (tertiary/aromatic N) is 3. The largest absolute Gasteiger partial charge is 0.321 e. The summed E-state index contributed by atoms with van der Waals surface area (Å²) in [5, 5.41) is 8.10. The van der Waals surface area contributed by atoms with Gasteiger partial charge in [-0.15, -0.1) is 11.3 Å². The van der Waals surface area contributed by atoms with Crippen LogP contribution in [0.15, 0.2) is 42.0 Å². The van der Waals surface area contributed by atoms with Crippen molar-refractivity contribution in [2.75, 3.05) is 10.6 Å². The Balaban J connectivity index is 1.71. The fourth-order valence-corrected chi connectivity index (χ4v) is 2.82. The Hall–Kier alpha value is -2.80. The molecule has 1 aromatic carbocycles. The van der Waals surface area contributed by atoms with Crippen LogP contribution in [0.25, 0.3) is 0 Å². The molecule has 6 nitrogen and oxygen atoms in total. The molecule has 0 aliphatic carbocycles. The third-order valence-corrected chi connectivity index (χ3v) is 3.76. The normalized spacial score (nSPS) is 10.3. The van der Waals surface area contributed by atoms with Crippen molar-refractivity contribution in [3.8, 4) is 0 Å². The fraction of sp³-hybridized carbons (Fsp3) is 0.125. The standard InChI is InChI=1S/C16H15N5OS/c1-10-6-11(2)8-12(7-10)19-14(22)13-9-23-16(20-13)21-15-17-4-3-5-18-15/h3-9H,1-2H3,(H,19,22)(H,17,18,20,21). The molecule has 0 radical (unpaired) electrons. The molecule has 2 N–H and O–H groups in total. The van der Waals surface area contributed by atoms with Gasteiger partial charge in [-0.2, -0.15) is 0 Å². The lowest BCUT2D eigenvalue weighted by Crippen LogP contribution is -2.12. The first-order valence-corrected chi connectivity index (χ1v) is 7.87. The molecule has 2 aromatic heterocycles. The zero-order chi connectivity index (χ0) is 16.2. The number of thiazole rings is 1. The lowest BCUT2D eigenvalue weighted by molar-refractivity contribution is 0.102. The summed E-state index contributed by atoms with van der Waals surface area (Å²) in [5.74, 6) is 0.205. The van der Waals surface area contributed by atoms with Crippen LogP contribution in [-0.4, -0.2) is 20.9 Å². The van der Waals surface area contributed by atoms with E-state index in [1.165, 1.54) is 11.3 Å². The summed E-state index contributed by atoms with van der Waals surface area (Å²) < 4.78 is 0. The number of amides is 1. The highest BCUT2D eigenvalue weighted by Crippen LogP contribution is 2.20. The smallest absolute Gasteiger partial charge is 0.275 e. The van der Waals surface area contributed by atoms with E-state index >= 15 is 0 Å². The van der Waals surface area contributed by atoms with E-state index in [2.05, 4.69) is 31.7 Å².